The van der Waals surface area contributed by atoms with Gasteiger partial charge >= 0.3 is 0 Å². The molecule has 0 bridgehead atoms. The van der Waals surface area contributed by atoms with Crippen LogP contribution in [0.2, 0.25) is 0 Å². The van der Waals surface area contributed by atoms with E-state index in [0.29, 0.717) is 6.61 Å². The molecule has 1 rings (SSSR count). The number of ether oxygens (including phenoxy) is 2. The molecule has 114 valence electrons. The van der Waals surface area contributed by atoms with E-state index in [-0.39, 0.29) is 0 Å². The van der Waals surface area contributed by atoms with Gasteiger partial charge in [-0.05, 0) is 44.2 Å². The van der Waals surface area contributed by atoms with Crippen molar-refractivity contribution in [2.45, 2.75) is 51.9 Å². The van der Waals surface area contributed by atoms with E-state index >= 15 is 0 Å². The molecule has 0 aromatic rings. The quantitative estimate of drug-likeness (QED) is 0.489. The van der Waals surface area contributed by atoms with Gasteiger partial charge in [0.15, 0.2) is 0 Å². The fourth-order valence-electron chi connectivity index (χ4n) is 3.13. The van der Waals surface area contributed by atoms with Crippen molar-refractivity contribution in [2.24, 2.45) is 11.8 Å². The molecule has 2 unspecified atom stereocenters. The fourth-order valence-corrected chi connectivity index (χ4v) is 3.13. The van der Waals surface area contributed by atoms with Gasteiger partial charge < -0.3 is 14.8 Å². The lowest BCUT2D eigenvalue weighted by Crippen LogP contribution is -2.28. The number of nitrogens with one attached hydrogen (secondary N) is 1. The molecule has 3 nitrogen and oxygen atoms in total. The van der Waals surface area contributed by atoms with Crippen LogP contribution in [0.3, 0.4) is 0 Å². The second-order valence-electron chi connectivity index (χ2n) is 5.71. The minimum atomic E-state index is 0.715. The summed E-state index contributed by atoms with van der Waals surface area (Å²) in [5.74, 6) is 1.80. The highest BCUT2D eigenvalue weighted by Crippen LogP contribution is 2.31. The van der Waals surface area contributed by atoms with Gasteiger partial charge in [0, 0.05) is 13.7 Å². The Bertz CT molecular complexity index is 199. The first-order valence-corrected chi connectivity index (χ1v) is 8.15. The Morgan fingerprint density at radius 3 is 2.53 bits per heavy atom. The van der Waals surface area contributed by atoms with Gasteiger partial charge in [0.25, 0.3) is 0 Å². The molecule has 1 fully saturated rings. The van der Waals surface area contributed by atoms with Gasteiger partial charge in [-0.1, -0.05) is 32.6 Å². The Morgan fingerprint density at radius 2 is 1.79 bits per heavy atom. The third kappa shape index (κ3) is 7.91. The van der Waals surface area contributed by atoms with Crippen molar-refractivity contribution in [1.82, 2.24) is 5.32 Å². The van der Waals surface area contributed by atoms with Crippen LogP contribution in [0.25, 0.3) is 0 Å². The first-order valence-electron chi connectivity index (χ1n) is 8.15. The van der Waals surface area contributed by atoms with Crippen molar-refractivity contribution in [1.29, 1.82) is 0 Å². The molecule has 0 amide bonds. The molecule has 1 N–H and O–H groups in total. The smallest absolute Gasteiger partial charge is 0.0700 e. The molecular formula is C16H33NO2. The normalized spacial score (nSPS) is 24.3. The molecule has 1 aliphatic carbocycles. The van der Waals surface area contributed by atoms with Crippen molar-refractivity contribution < 1.29 is 9.47 Å². The van der Waals surface area contributed by atoms with Crippen LogP contribution in [0.15, 0.2) is 0 Å². The highest BCUT2D eigenvalue weighted by molar-refractivity contribution is 4.75. The van der Waals surface area contributed by atoms with Gasteiger partial charge in [0.05, 0.1) is 13.2 Å². The maximum atomic E-state index is 5.57. The second-order valence-corrected chi connectivity index (χ2v) is 5.71. The Kier molecular flexibility index (Phi) is 10.4. The maximum absolute atomic E-state index is 5.57. The fraction of sp³-hybridized carbons (Fsp3) is 1.00. The minimum Gasteiger partial charge on any atom is -0.382 e. The minimum absolute atomic E-state index is 0.715. The molecule has 2 atom stereocenters. The summed E-state index contributed by atoms with van der Waals surface area (Å²) in [7, 11) is 1.72. The monoisotopic (exact) mass is 271 g/mol. The SMILES string of the molecule is CCNCC1CCCCCC1CCCOCCOC. The summed E-state index contributed by atoms with van der Waals surface area (Å²) < 4.78 is 10.6. The van der Waals surface area contributed by atoms with E-state index in [4.69, 9.17) is 9.47 Å². The number of hydrogen-bond acceptors (Lipinski definition) is 3. The standard InChI is InChI=1S/C16H33NO2/c1-3-17-14-16-9-6-4-5-8-15(16)10-7-11-19-13-12-18-2/h15-17H,3-14H2,1-2H3. The number of hydrogen-bond donors (Lipinski definition) is 1. The summed E-state index contributed by atoms with van der Waals surface area (Å²) >= 11 is 0. The van der Waals surface area contributed by atoms with E-state index in [2.05, 4.69) is 12.2 Å². The molecule has 0 saturated heterocycles. The zero-order valence-corrected chi connectivity index (χ0v) is 13.0. The highest BCUT2D eigenvalue weighted by atomic mass is 16.5. The summed E-state index contributed by atoms with van der Waals surface area (Å²) in [4.78, 5) is 0. The Morgan fingerprint density at radius 1 is 1.00 bits per heavy atom. The number of rotatable bonds is 10. The molecule has 19 heavy (non-hydrogen) atoms. The predicted octanol–water partition coefficient (Wildman–Crippen LogP) is 3.24. The average molecular weight is 271 g/mol. The van der Waals surface area contributed by atoms with E-state index in [0.717, 1.165) is 31.6 Å². The van der Waals surface area contributed by atoms with Crippen LogP contribution in [0.1, 0.15) is 51.9 Å². The van der Waals surface area contributed by atoms with Crippen LogP contribution in [-0.4, -0.2) is 40.0 Å². The van der Waals surface area contributed by atoms with Crippen LogP contribution in [-0.2, 0) is 9.47 Å². The summed E-state index contributed by atoms with van der Waals surface area (Å²) in [5.41, 5.74) is 0. The number of methoxy groups -OCH3 is 1. The van der Waals surface area contributed by atoms with Crippen LogP contribution in [0, 0.1) is 11.8 Å². The largest absolute Gasteiger partial charge is 0.382 e. The van der Waals surface area contributed by atoms with Crippen molar-refractivity contribution in [2.75, 3.05) is 40.0 Å². The van der Waals surface area contributed by atoms with Gasteiger partial charge in [0.2, 0.25) is 0 Å². The molecule has 0 aliphatic heterocycles. The van der Waals surface area contributed by atoms with Crippen LogP contribution in [0.5, 0.6) is 0 Å². The lowest BCUT2D eigenvalue weighted by atomic mass is 9.84. The maximum Gasteiger partial charge on any atom is 0.0700 e. The molecule has 0 spiro atoms. The Hall–Kier alpha value is -0.120. The van der Waals surface area contributed by atoms with E-state index in [1.165, 1.54) is 51.5 Å². The topological polar surface area (TPSA) is 30.5 Å². The molecule has 0 radical (unpaired) electrons. The van der Waals surface area contributed by atoms with E-state index in [1.54, 1.807) is 7.11 Å². The summed E-state index contributed by atoms with van der Waals surface area (Å²) in [6, 6.07) is 0. The van der Waals surface area contributed by atoms with Crippen LogP contribution >= 0.6 is 0 Å². The summed E-state index contributed by atoms with van der Waals surface area (Å²) in [6.07, 6.45) is 9.68. The third-order valence-corrected chi connectivity index (χ3v) is 4.27. The molecule has 0 aromatic heterocycles. The van der Waals surface area contributed by atoms with Crippen molar-refractivity contribution >= 4 is 0 Å². The Balaban J connectivity index is 2.18. The zero-order valence-electron chi connectivity index (χ0n) is 13.0. The van der Waals surface area contributed by atoms with Crippen molar-refractivity contribution in [3.63, 3.8) is 0 Å². The van der Waals surface area contributed by atoms with Crippen molar-refractivity contribution in [3.05, 3.63) is 0 Å². The van der Waals surface area contributed by atoms with E-state index in [9.17, 15) is 0 Å². The van der Waals surface area contributed by atoms with Crippen LogP contribution in [0.4, 0.5) is 0 Å². The average Bonchev–Trinajstić information content (AvgIpc) is 2.65. The lowest BCUT2D eigenvalue weighted by molar-refractivity contribution is 0.0657. The molecular weight excluding hydrogens is 238 g/mol. The Labute approximate surface area is 119 Å². The first-order chi connectivity index (χ1) is 9.38. The molecule has 0 heterocycles. The van der Waals surface area contributed by atoms with E-state index < -0.39 is 0 Å². The molecule has 0 aromatic carbocycles. The van der Waals surface area contributed by atoms with Crippen LogP contribution < -0.4 is 5.32 Å². The molecule has 3 heteroatoms. The van der Waals surface area contributed by atoms with Gasteiger partial charge in [-0.25, -0.2) is 0 Å². The highest BCUT2D eigenvalue weighted by Gasteiger charge is 2.22. The van der Waals surface area contributed by atoms with Gasteiger partial charge in [-0.15, -0.1) is 0 Å². The summed E-state index contributed by atoms with van der Waals surface area (Å²) in [5, 5.41) is 3.55. The zero-order chi connectivity index (χ0) is 13.8. The van der Waals surface area contributed by atoms with E-state index in [1.807, 2.05) is 0 Å². The van der Waals surface area contributed by atoms with Gasteiger partial charge in [-0.3, -0.25) is 0 Å². The first kappa shape index (κ1) is 16.9. The van der Waals surface area contributed by atoms with Gasteiger partial charge in [0.1, 0.15) is 0 Å². The predicted molar refractivity (Wildman–Crippen MR) is 80.5 cm³/mol. The van der Waals surface area contributed by atoms with Gasteiger partial charge in [-0.2, -0.15) is 0 Å². The summed E-state index contributed by atoms with van der Waals surface area (Å²) in [6.45, 7) is 6.87. The lowest BCUT2D eigenvalue weighted by Gasteiger charge is -2.25. The van der Waals surface area contributed by atoms with Crippen molar-refractivity contribution in [3.8, 4) is 0 Å². The third-order valence-electron chi connectivity index (χ3n) is 4.27. The second kappa shape index (κ2) is 11.7. The molecule has 1 aliphatic rings. The molecule has 1 saturated carbocycles.